The number of benzene rings is 1. The van der Waals surface area contributed by atoms with E-state index in [2.05, 4.69) is 9.97 Å². The number of aromatic amines is 1. The van der Waals surface area contributed by atoms with Crippen LogP contribution in [0.1, 0.15) is 6.42 Å². The number of ether oxygens (including phenoxy) is 2. The third-order valence-electron chi connectivity index (χ3n) is 4.69. The third-order valence-corrected chi connectivity index (χ3v) is 5.66. The number of H-pyrrole nitrogens is 1. The van der Waals surface area contributed by atoms with Crippen molar-refractivity contribution in [3.8, 4) is 28.4 Å². The predicted molar refractivity (Wildman–Crippen MR) is 109 cm³/mol. The second kappa shape index (κ2) is 7.18. The first-order chi connectivity index (χ1) is 13.8. The minimum absolute atomic E-state index is 0.119. The molecule has 0 amide bonds. The van der Waals surface area contributed by atoms with Gasteiger partial charge in [-0.3, -0.25) is 9.78 Å². The van der Waals surface area contributed by atoms with Gasteiger partial charge in [0.1, 0.15) is 22.2 Å². The normalized spacial score (nSPS) is 16.5. The van der Waals surface area contributed by atoms with Gasteiger partial charge < -0.3 is 14.5 Å². The van der Waals surface area contributed by atoms with E-state index in [1.165, 1.54) is 11.3 Å². The van der Waals surface area contributed by atoms with Crippen LogP contribution in [0.25, 0.3) is 32.9 Å². The van der Waals surface area contributed by atoms with Crippen LogP contribution in [-0.2, 0) is 4.74 Å². The van der Waals surface area contributed by atoms with Gasteiger partial charge in [-0.05, 0) is 29.8 Å². The van der Waals surface area contributed by atoms with Crippen LogP contribution in [0, 0.1) is 0 Å². The summed E-state index contributed by atoms with van der Waals surface area (Å²) in [5.74, 6) is 1.29. The Morgan fingerprint density at radius 2 is 2.07 bits per heavy atom. The van der Waals surface area contributed by atoms with Gasteiger partial charge in [0.2, 0.25) is 0 Å². The SMILES string of the molecule is O=c1[nH]c(-c2ccccn2)nc2c(-c3ccc(OC4CCOC4)cc3)csc12. The molecular weight excluding hydrogens is 374 g/mol. The van der Waals surface area contributed by atoms with E-state index in [1.54, 1.807) is 6.20 Å². The van der Waals surface area contributed by atoms with Crippen LogP contribution < -0.4 is 10.3 Å². The first-order valence-corrected chi connectivity index (χ1v) is 9.94. The molecule has 4 heterocycles. The number of thiophene rings is 1. The summed E-state index contributed by atoms with van der Waals surface area (Å²) in [5.41, 5.74) is 3.10. The van der Waals surface area contributed by atoms with Crippen LogP contribution in [0.15, 0.2) is 58.8 Å². The smallest absolute Gasteiger partial charge is 0.269 e. The molecule has 1 aromatic carbocycles. The van der Waals surface area contributed by atoms with Gasteiger partial charge in [0.15, 0.2) is 5.82 Å². The number of hydrogen-bond acceptors (Lipinski definition) is 6. The Kier molecular flexibility index (Phi) is 4.38. The fourth-order valence-corrected chi connectivity index (χ4v) is 4.18. The average molecular weight is 391 g/mol. The highest BCUT2D eigenvalue weighted by Gasteiger charge is 2.18. The summed E-state index contributed by atoms with van der Waals surface area (Å²) >= 11 is 1.40. The number of aromatic nitrogens is 3. The number of hydrogen-bond donors (Lipinski definition) is 1. The summed E-state index contributed by atoms with van der Waals surface area (Å²) in [7, 11) is 0. The molecule has 1 unspecified atom stereocenters. The van der Waals surface area contributed by atoms with E-state index in [1.807, 2.05) is 47.8 Å². The van der Waals surface area contributed by atoms with E-state index >= 15 is 0 Å². The van der Waals surface area contributed by atoms with Crippen molar-refractivity contribution in [2.24, 2.45) is 0 Å². The van der Waals surface area contributed by atoms with E-state index in [9.17, 15) is 4.79 Å². The molecule has 1 aliphatic heterocycles. The molecule has 0 radical (unpaired) electrons. The topological polar surface area (TPSA) is 77.1 Å². The maximum absolute atomic E-state index is 12.5. The van der Waals surface area contributed by atoms with Crippen molar-refractivity contribution in [2.75, 3.05) is 13.2 Å². The summed E-state index contributed by atoms with van der Waals surface area (Å²) in [4.78, 5) is 24.3. The fourth-order valence-electron chi connectivity index (χ4n) is 3.27. The number of nitrogens with one attached hydrogen (secondary N) is 1. The molecule has 1 fully saturated rings. The maximum Gasteiger partial charge on any atom is 0.269 e. The molecule has 1 N–H and O–H groups in total. The van der Waals surface area contributed by atoms with E-state index in [0.29, 0.717) is 28.3 Å². The first kappa shape index (κ1) is 17.1. The number of pyridine rings is 1. The lowest BCUT2D eigenvalue weighted by Gasteiger charge is -2.12. The van der Waals surface area contributed by atoms with E-state index in [4.69, 9.17) is 14.5 Å². The van der Waals surface area contributed by atoms with Crippen LogP contribution in [0.2, 0.25) is 0 Å². The molecule has 0 saturated carbocycles. The zero-order valence-corrected chi connectivity index (χ0v) is 15.7. The first-order valence-electron chi connectivity index (χ1n) is 9.06. The zero-order valence-electron chi connectivity index (χ0n) is 14.9. The van der Waals surface area contributed by atoms with Crippen molar-refractivity contribution in [3.05, 3.63) is 64.4 Å². The highest BCUT2D eigenvalue weighted by Crippen LogP contribution is 2.33. The van der Waals surface area contributed by atoms with Crippen molar-refractivity contribution >= 4 is 21.6 Å². The molecule has 1 atom stereocenters. The Morgan fingerprint density at radius 1 is 1.18 bits per heavy atom. The van der Waals surface area contributed by atoms with Crippen LogP contribution in [0.5, 0.6) is 5.75 Å². The largest absolute Gasteiger partial charge is 0.488 e. The fraction of sp³-hybridized carbons (Fsp3) is 0.190. The van der Waals surface area contributed by atoms with Crippen LogP contribution >= 0.6 is 11.3 Å². The summed E-state index contributed by atoms with van der Waals surface area (Å²) in [6.45, 7) is 1.39. The van der Waals surface area contributed by atoms with Crippen molar-refractivity contribution in [1.82, 2.24) is 15.0 Å². The minimum Gasteiger partial charge on any atom is -0.488 e. The predicted octanol–water partition coefficient (Wildman–Crippen LogP) is 3.88. The van der Waals surface area contributed by atoms with Crippen LogP contribution in [-0.4, -0.2) is 34.3 Å². The molecule has 7 heteroatoms. The second-order valence-corrected chi connectivity index (χ2v) is 7.46. The van der Waals surface area contributed by atoms with E-state index < -0.39 is 0 Å². The van der Waals surface area contributed by atoms with Crippen LogP contribution in [0.3, 0.4) is 0 Å². The number of rotatable bonds is 4. The standard InChI is InChI=1S/C21H17N3O3S/c25-21-19-18(23-20(24-21)17-3-1-2-9-22-17)16(12-28-19)13-4-6-14(7-5-13)27-15-8-10-26-11-15/h1-7,9,12,15H,8,10-11H2,(H,23,24,25). The molecule has 28 heavy (non-hydrogen) atoms. The Balaban J connectivity index is 1.52. The quantitative estimate of drug-likeness (QED) is 0.571. The Bertz CT molecular complexity index is 1160. The number of nitrogens with zero attached hydrogens (tertiary/aromatic N) is 2. The lowest BCUT2D eigenvalue weighted by molar-refractivity contribution is 0.141. The Labute approximate surface area is 164 Å². The molecule has 0 spiro atoms. The van der Waals surface area contributed by atoms with Gasteiger partial charge >= 0.3 is 0 Å². The van der Waals surface area contributed by atoms with Gasteiger partial charge in [0.05, 0.1) is 18.7 Å². The van der Waals surface area contributed by atoms with Crippen molar-refractivity contribution in [1.29, 1.82) is 0 Å². The molecule has 1 saturated heterocycles. The van der Waals surface area contributed by atoms with Crippen molar-refractivity contribution < 1.29 is 9.47 Å². The average Bonchev–Trinajstić information content (AvgIpc) is 3.39. The zero-order chi connectivity index (χ0) is 18.9. The highest BCUT2D eigenvalue weighted by molar-refractivity contribution is 7.17. The maximum atomic E-state index is 12.5. The molecule has 3 aromatic heterocycles. The summed E-state index contributed by atoms with van der Waals surface area (Å²) in [6.07, 6.45) is 2.72. The van der Waals surface area contributed by atoms with Gasteiger partial charge in [-0.1, -0.05) is 18.2 Å². The van der Waals surface area contributed by atoms with Gasteiger partial charge in [-0.2, -0.15) is 0 Å². The molecule has 0 bridgehead atoms. The van der Waals surface area contributed by atoms with E-state index in [-0.39, 0.29) is 11.7 Å². The molecule has 1 aliphatic rings. The lowest BCUT2D eigenvalue weighted by atomic mass is 10.1. The third kappa shape index (κ3) is 3.19. The highest BCUT2D eigenvalue weighted by atomic mass is 32.1. The molecule has 140 valence electrons. The summed E-state index contributed by atoms with van der Waals surface area (Å²) < 4.78 is 11.9. The molecule has 6 nitrogen and oxygen atoms in total. The van der Waals surface area contributed by atoms with Gasteiger partial charge in [-0.15, -0.1) is 11.3 Å². The Morgan fingerprint density at radius 3 is 2.82 bits per heavy atom. The monoisotopic (exact) mass is 391 g/mol. The summed E-state index contributed by atoms with van der Waals surface area (Å²) in [6, 6.07) is 13.4. The Hall–Kier alpha value is -3.03. The molecular formula is C21H17N3O3S. The van der Waals surface area contributed by atoms with Gasteiger partial charge in [-0.25, -0.2) is 4.98 Å². The van der Waals surface area contributed by atoms with Crippen LogP contribution in [0.4, 0.5) is 0 Å². The lowest BCUT2D eigenvalue weighted by Crippen LogP contribution is -2.15. The summed E-state index contributed by atoms with van der Waals surface area (Å²) in [5, 5.41) is 1.97. The van der Waals surface area contributed by atoms with Gasteiger partial charge in [0.25, 0.3) is 5.56 Å². The molecule has 0 aliphatic carbocycles. The van der Waals surface area contributed by atoms with Gasteiger partial charge in [0, 0.05) is 23.6 Å². The second-order valence-electron chi connectivity index (χ2n) is 6.58. The molecule has 5 rings (SSSR count). The minimum atomic E-state index is -0.150. The van der Waals surface area contributed by atoms with Crippen molar-refractivity contribution in [2.45, 2.75) is 12.5 Å². The number of fused-ring (bicyclic) bond motifs is 1. The van der Waals surface area contributed by atoms with Crippen molar-refractivity contribution in [3.63, 3.8) is 0 Å². The molecule has 4 aromatic rings. The van der Waals surface area contributed by atoms with E-state index in [0.717, 1.165) is 29.9 Å².